The van der Waals surface area contributed by atoms with E-state index in [2.05, 4.69) is 52.5 Å². The second kappa shape index (κ2) is 10.2. The van der Waals surface area contributed by atoms with Crippen molar-refractivity contribution in [2.75, 3.05) is 24.5 Å². The van der Waals surface area contributed by atoms with E-state index in [1.54, 1.807) is 0 Å². The quantitative estimate of drug-likeness (QED) is 0.700. The maximum atomic E-state index is 13.1. The average Bonchev–Trinajstić information content (AvgIpc) is 2.78. The van der Waals surface area contributed by atoms with Crippen molar-refractivity contribution in [1.29, 1.82) is 0 Å². The number of urea groups is 1. The summed E-state index contributed by atoms with van der Waals surface area (Å²) in [5, 5.41) is 10.4. The number of aromatic nitrogens is 1. The molecular formula is C23H27F3N4O3. The number of benzene rings is 1. The Morgan fingerprint density at radius 3 is 2.55 bits per heavy atom. The molecule has 0 fully saturated rings. The molecule has 1 unspecified atom stereocenters. The number of carbonyl (C=O) groups excluding carboxylic acids is 1. The molecule has 33 heavy (non-hydrogen) atoms. The van der Waals surface area contributed by atoms with Crippen molar-refractivity contribution < 1.29 is 27.9 Å². The van der Waals surface area contributed by atoms with Crippen LogP contribution in [0.15, 0.2) is 36.4 Å². The molecule has 7 nitrogen and oxygen atoms in total. The highest BCUT2D eigenvalue weighted by atomic mass is 19.4. The number of carboxylic acids is 1. The van der Waals surface area contributed by atoms with E-state index in [0.717, 1.165) is 56.1 Å². The van der Waals surface area contributed by atoms with Crippen LogP contribution in [0.2, 0.25) is 0 Å². The number of aryl methyl sites for hydroxylation is 2. The zero-order chi connectivity index (χ0) is 24.2. The summed E-state index contributed by atoms with van der Waals surface area (Å²) in [6.07, 6.45) is -3.12. The van der Waals surface area contributed by atoms with E-state index in [0.29, 0.717) is 0 Å². The number of carboxylic acid groups (broad SMARTS) is 1. The van der Waals surface area contributed by atoms with Crippen LogP contribution in [0.5, 0.6) is 0 Å². The van der Waals surface area contributed by atoms with Crippen LogP contribution in [0.4, 0.5) is 23.8 Å². The van der Waals surface area contributed by atoms with Crippen molar-refractivity contribution in [3.63, 3.8) is 0 Å². The van der Waals surface area contributed by atoms with Crippen LogP contribution in [-0.2, 0) is 17.8 Å². The fourth-order valence-corrected chi connectivity index (χ4v) is 4.00. The number of aliphatic carboxylic acids is 1. The number of likely N-dealkylation sites (N-methyl/N-ethyl adjacent to an activating group) is 1. The lowest BCUT2D eigenvalue weighted by atomic mass is 9.95. The van der Waals surface area contributed by atoms with Gasteiger partial charge in [0.2, 0.25) is 0 Å². The normalized spacial score (nSPS) is 17.8. The molecule has 178 valence electrons. The first-order chi connectivity index (χ1) is 15.6. The summed E-state index contributed by atoms with van der Waals surface area (Å²) in [5.74, 6) is -1.93. The van der Waals surface area contributed by atoms with Crippen molar-refractivity contribution in [3.8, 4) is 0 Å². The van der Waals surface area contributed by atoms with Gasteiger partial charge in [-0.05, 0) is 49.1 Å². The van der Waals surface area contributed by atoms with Crippen LogP contribution in [-0.4, -0.2) is 52.8 Å². The highest BCUT2D eigenvalue weighted by Crippen LogP contribution is 2.29. The van der Waals surface area contributed by atoms with Gasteiger partial charge in [0.25, 0.3) is 0 Å². The molecule has 1 aromatic carbocycles. The molecule has 0 spiro atoms. The lowest BCUT2D eigenvalue weighted by molar-refractivity contribution is -0.192. The molecular weight excluding hydrogens is 437 g/mol. The Hall–Kier alpha value is -3.14. The summed E-state index contributed by atoms with van der Waals surface area (Å²) in [6, 6.07) is 12.5. The zero-order valence-corrected chi connectivity index (χ0v) is 18.5. The number of halogens is 3. The van der Waals surface area contributed by atoms with Gasteiger partial charge >= 0.3 is 18.2 Å². The number of hydrogen-bond acceptors (Lipinski definition) is 4. The minimum Gasteiger partial charge on any atom is -0.475 e. The minimum atomic E-state index is -5.08. The van der Waals surface area contributed by atoms with Gasteiger partial charge in [0.05, 0.1) is 6.04 Å². The van der Waals surface area contributed by atoms with Crippen molar-refractivity contribution >= 4 is 17.8 Å². The maximum Gasteiger partial charge on any atom is 0.490 e. The largest absolute Gasteiger partial charge is 0.490 e. The van der Waals surface area contributed by atoms with Crippen molar-refractivity contribution in [3.05, 3.63) is 58.8 Å². The van der Waals surface area contributed by atoms with Crippen LogP contribution in [0.1, 0.15) is 41.8 Å². The van der Waals surface area contributed by atoms with Crippen LogP contribution in [0.3, 0.4) is 0 Å². The summed E-state index contributed by atoms with van der Waals surface area (Å²) in [6.45, 7) is 7.64. The summed E-state index contributed by atoms with van der Waals surface area (Å²) in [7, 11) is 0. The van der Waals surface area contributed by atoms with Gasteiger partial charge < -0.3 is 10.4 Å². The highest BCUT2D eigenvalue weighted by molar-refractivity contribution is 5.92. The van der Waals surface area contributed by atoms with E-state index < -0.39 is 12.1 Å². The molecule has 1 aromatic heterocycles. The second-order valence-electron chi connectivity index (χ2n) is 8.02. The van der Waals surface area contributed by atoms with Crippen LogP contribution < -0.4 is 10.2 Å². The number of hydrogen-bond donors (Lipinski definition) is 2. The Kier molecular flexibility index (Phi) is 7.57. The number of alkyl halides is 3. The molecule has 10 heteroatoms. The Labute approximate surface area is 190 Å². The molecule has 2 N–H and O–H groups in total. The van der Waals surface area contributed by atoms with Gasteiger partial charge in [0, 0.05) is 25.3 Å². The molecule has 2 aliphatic heterocycles. The predicted octanol–water partition coefficient (Wildman–Crippen LogP) is 4.06. The van der Waals surface area contributed by atoms with Crippen molar-refractivity contribution in [1.82, 2.24) is 15.2 Å². The second-order valence-corrected chi connectivity index (χ2v) is 8.02. The Bertz CT molecular complexity index is 1010. The first-order valence-electron chi connectivity index (χ1n) is 10.7. The molecule has 0 saturated heterocycles. The summed E-state index contributed by atoms with van der Waals surface area (Å²) < 4.78 is 31.7. The van der Waals surface area contributed by atoms with E-state index in [9.17, 15) is 18.0 Å². The molecule has 4 rings (SSSR count). The van der Waals surface area contributed by atoms with Gasteiger partial charge in [0.1, 0.15) is 5.82 Å². The van der Waals surface area contributed by atoms with E-state index >= 15 is 0 Å². The lowest BCUT2D eigenvalue weighted by Crippen LogP contribution is -2.48. The highest BCUT2D eigenvalue weighted by Gasteiger charge is 2.38. The van der Waals surface area contributed by atoms with E-state index in [1.807, 2.05) is 17.9 Å². The van der Waals surface area contributed by atoms with Crippen LogP contribution in [0, 0.1) is 6.92 Å². The summed E-state index contributed by atoms with van der Waals surface area (Å²) >= 11 is 0. The first kappa shape index (κ1) is 24.5. The molecule has 1 atom stereocenters. The number of carbonyl (C=O) groups is 2. The van der Waals surface area contributed by atoms with Gasteiger partial charge in [-0.15, -0.1) is 0 Å². The number of nitrogens with one attached hydrogen (secondary N) is 1. The van der Waals surface area contributed by atoms with E-state index in [-0.39, 0.29) is 12.1 Å². The standard InChI is InChI=1S/C21H26N4O.C2HF3O2/c1-3-24-13-17-7-4-5-9-18(17)19(14-24)23-21(26)25-12-6-8-16-11-10-15(2)22-20(16)25;3-2(4,5)1(6)7/h4-5,7,9-11,19H,3,6,8,12-14H2,1-2H3,(H,23,26);(H,6,7). The fourth-order valence-electron chi connectivity index (χ4n) is 4.00. The number of nitrogens with zero attached hydrogens (tertiary/aromatic N) is 3. The van der Waals surface area contributed by atoms with E-state index in [1.165, 1.54) is 11.1 Å². The fraction of sp³-hybridized carbons (Fsp3) is 0.435. The number of anilines is 1. The molecule has 3 heterocycles. The molecule has 2 aliphatic rings. The first-order valence-corrected chi connectivity index (χ1v) is 10.7. The molecule has 2 aromatic rings. The SMILES string of the molecule is CCN1Cc2ccccc2C(NC(=O)N2CCCc3ccc(C)nc32)C1.O=C(O)C(F)(F)F. The molecule has 0 radical (unpaired) electrons. The summed E-state index contributed by atoms with van der Waals surface area (Å²) in [4.78, 5) is 30.8. The third kappa shape index (κ3) is 6.01. The third-order valence-electron chi connectivity index (χ3n) is 5.68. The average molecular weight is 464 g/mol. The number of pyridine rings is 1. The number of fused-ring (bicyclic) bond motifs is 2. The molecule has 0 aliphatic carbocycles. The van der Waals surface area contributed by atoms with Gasteiger partial charge in [-0.1, -0.05) is 37.3 Å². The Morgan fingerprint density at radius 1 is 1.18 bits per heavy atom. The van der Waals surface area contributed by atoms with E-state index in [4.69, 9.17) is 9.90 Å². The molecule has 0 bridgehead atoms. The van der Waals surface area contributed by atoms with Gasteiger partial charge in [-0.3, -0.25) is 9.80 Å². The van der Waals surface area contributed by atoms with Crippen LogP contribution in [0.25, 0.3) is 0 Å². The molecule has 0 saturated carbocycles. The number of amides is 2. The minimum absolute atomic E-state index is 0.0163. The van der Waals surface area contributed by atoms with Gasteiger partial charge in [-0.25, -0.2) is 14.6 Å². The Balaban J connectivity index is 0.000000383. The molecule has 2 amide bonds. The Morgan fingerprint density at radius 2 is 1.88 bits per heavy atom. The zero-order valence-electron chi connectivity index (χ0n) is 18.5. The monoisotopic (exact) mass is 464 g/mol. The summed E-state index contributed by atoms with van der Waals surface area (Å²) in [5.41, 5.74) is 4.65. The van der Waals surface area contributed by atoms with Gasteiger partial charge in [0.15, 0.2) is 0 Å². The number of rotatable bonds is 2. The third-order valence-corrected chi connectivity index (χ3v) is 5.68. The van der Waals surface area contributed by atoms with Crippen molar-refractivity contribution in [2.24, 2.45) is 0 Å². The topological polar surface area (TPSA) is 85.8 Å². The van der Waals surface area contributed by atoms with Gasteiger partial charge in [-0.2, -0.15) is 13.2 Å². The smallest absolute Gasteiger partial charge is 0.475 e. The predicted molar refractivity (Wildman–Crippen MR) is 117 cm³/mol. The maximum absolute atomic E-state index is 13.1. The lowest BCUT2D eigenvalue weighted by Gasteiger charge is -2.36. The van der Waals surface area contributed by atoms with Crippen molar-refractivity contribution in [2.45, 2.75) is 45.5 Å². The van der Waals surface area contributed by atoms with Crippen LogP contribution >= 0.6 is 0 Å².